The fraction of sp³-hybridized carbons (Fsp3) is 0.160. The van der Waals surface area contributed by atoms with E-state index in [2.05, 4.69) is 15.0 Å². The van der Waals surface area contributed by atoms with Crippen LogP contribution >= 0.6 is 11.6 Å². The Bertz CT molecular complexity index is 1610. The highest BCUT2D eigenvalue weighted by molar-refractivity contribution is 6.30. The van der Waals surface area contributed by atoms with Crippen LogP contribution < -0.4 is 21.7 Å². The second kappa shape index (κ2) is 11.0. The molecular formula is C25H21ClFN5O5. The van der Waals surface area contributed by atoms with Crippen LogP contribution in [-0.4, -0.2) is 30.2 Å². The Morgan fingerprint density at radius 1 is 1.11 bits per heavy atom. The van der Waals surface area contributed by atoms with Crippen molar-refractivity contribution >= 4 is 23.3 Å². The molecule has 0 aliphatic rings. The fourth-order valence-corrected chi connectivity index (χ4v) is 3.49. The standard InChI is InChI=1S/C25H21ClFN5O5/c1-15(22(33)34)13-32-24(35)30-23(31(25(32)36)14-16-2-4-17(26)5-3-16)29-18-6-8-19(9-7-18)37-20-10-11-28-21(27)12-20/h2-12,15H,13-14H2,1H3,(H,33,34)(H,29,30,35)/t15-/m0/s1. The minimum absolute atomic E-state index is 0.0333. The average Bonchev–Trinajstić information content (AvgIpc) is 2.86. The van der Waals surface area contributed by atoms with E-state index in [0.29, 0.717) is 22.0 Å². The molecule has 0 bridgehead atoms. The maximum Gasteiger partial charge on any atom is 0.335 e. The van der Waals surface area contributed by atoms with Gasteiger partial charge in [0, 0.05) is 23.8 Å². The van der Waals surface area contributed by atoms with Crippen LogP contribution in [0, 0.1) is 11.9 Å². The van der Waals surface area contributed by atoms with Gasteiger partial charge in [-0.25, -0.2) is 24.1 Å². The fourth-order valence-electron chi connectivity index (χ4n) is 3.37. The first-order valence-corrected chi connectivity index (χ1v) is 11.4. The van der Waals surface area contributed by atoms with Gasteiger partial charge in [-0.3, -0.25) is 14.3 Å². The van der Waals surface area contributed by atoms with Crippen molar-refractivity contribution in [3.05, 3.63) is 110 Å². The number of nitrogens with one attached hydrogen (secondary N) is 1. The molecule has 2 aromatic heterocycles. The van der Waals surface area contributed by atoms with Gasteiger partial charge in [0.2, 0.25) is 11.6 Å². The third-order valence-electron chi connectivity index (χ3n) is 5.32. The minimum atomic E-state index is -1.14. The van der Waals surface area contributed by atoms with E-state index in [0.717, 1.165) is 10.6 Å². The van der Waals surface area contributed by atoms with E-state index in [1.807, 2.05) is 0 Å². The van der Waals surface area contributed by atoms with Gasteiger partial charge in [-0.1, -0.05) is 30.7 Å². The lowest BCUT2D eigenvalue weighted by molar-refractivity contribution is -0.141. The molecule has 10 nitrogen and oxygen atoms in total. The number of aliphatic carboxylic acids is 1. The molecule has 2 N–H and O–H groups in total. The molecule has 0 saturated carbocycles. The van der Waals surface area contributed by atoms with E-state index >= 15 is 0 Å². The van der Waals surface area contributed by atoms with Crippen LogP contribution in [0.2, 0.25) is 5.02 Å². The van der Waals surface area contributed by atoms with Crippen molar-refractivity contribution in [1.29, 1.82) is 0 Å². The van der Waals surface area contributed by atoms with Gasteiger partial charge in [0.05, 0.1) is 18.2 Å². The Balaban J connectivity index is 1.74. The molecule has 0 fully saturated rings. The van der Waals surface area contributed by atoms with Crippen LogP contribution in [0.15, 0.2) is 81.4 Å². The molecule has 2 heterocycles. The van der Waals surface area contributed by atoms with Crippen molar-refractivity contribution < 1.29 is 19.0 Å². The predicted molar refractivity (Wildman–Crippen MR) is 133 cm³/mol. The Morgan fingerprint density at radius 2 is 1.81 bits per heavy atom. The molecule has 0 radical (unpaired) electrons. The Hall–Kier alpha value is -4.51. The van der Waals surface area contributed by atoms with Gasteiger partial charge in [-0.15, -0.1) is 0 Å². The molecule has 0 spiro atoms. The van der Waals surface area contributed by atoms with Gasteiger partial charge in [0.25, 0.3) is 0 Å². The molecule has 0 aliphatic heterocycles. The third-order valence-corrected chi connectivity index (χ3v) is 5.57. The largest absolute Gasteiger partial charge is 0.481 e. The third kappa shape index (κ3) is 6.39. The van der Waals surface area contributed by atoms with Crippen molar-refractivity contribution in [2.75, 3.05) is 0 Å². The zero-order chi connectivity index (χ0) is 26.5. The maximum atomic E-state index is 13.3. The Kier molecular flexibility index (Phi) is 7.63. The highest BCUT2D eigenvalue weighted by atomic mass is 35.5. The summed E-state index contributed by atoms with van der Waals surface area (Å²) < 4.78 is 21.0. The van der Waals surface area contributed by atoms with E-state index in [4.69, 9.17) is 16.3 Å². The summed E-state index contributed by atoms with van der Waals surface area (Å²) in [5.74, 6) is -2.11. The topological polar surface area (TPSA) is 132 Å². The van der Waals surface area contributed by atoms with E-state index in [1.54, 1.807) is 48.5 Å². The summed E-state index contributed by atoms with van der Waals surface area (Å²) in [4.78, 5) is 47.8. The number of H-pyrrole nitrogens is 1. The van der Waals surface area contributed by atoms with Gasteiger partial charge in [-0.2, -0.15) is 4.39 Å². The van der Waals surface area contributed by atoms with Crippen LogP contribution in [0.3, 0.4) is 0 Å². The molecule has 0 amide bonds. The van der Waals surface area contributed by atoms with E-state index in [-0.39, 0.29) is 24.5 Å². The summed E-state index contributed by atoms with van der Waals surface area (Å²) >= 11 is 5.96. The SMILES string of the molecule is C[C@@H](Cn1c(=O)[nH]/c(=N\c2ccc(Oc3ccnc(F)c3)cc2)n(Cc2ccc(Cl)cc2)c1=O)C(=O)O. The maximum absolute atomic E-state index is 13.3. The second-order valence-electron chi connectivity index (χ2n) is 8.12. The smallest absolute Gasteiger partial charge is 0.335 e. The molecule has 4 aromatic rings. The summed E-state index contributed by atoms with van der Waals surface area (Å²) in [7, 11) is 0. The first kappa shape index (κ1) is 25.6. The predicted octanol–water partition coefficient (Wildman–Crippen LogP) is 3.32. The summed E-state index contributed by atoms with van der Waals surface area (Å²) in [6.45, 7) is 1.13. The van der Waals surface area contributed by atoms with Crippen molar-refractivity contribution in [3.63, 3.8) is 0 Å². The molecule has 4 rings (SSSR count). The lowest BCUT2D eigenvalue weighted by Gasteiger charge is -2.13. The molecule has 37 heavy (non-hydrogen) atoms. The number of ether oxygens (including phenoxy) is 1. The van der Waals surface area contributed by atoms with Crippen molar-refractivity contribution in [3.8, 4) is 11.5 Å². The number of pyridine rings is 1. The monoisotopic (exact) mass is 525 g/mol. The summed E-state index contributed by atoms with van der Waals surface area (Å²) in [6, 6.07) is 15.8. The van der Waals surface area contributed by atoms with Gasteiger partial charge < -0.3 is 9.84 Å². The number of rotatable bonds is 8. The molecule has 2 aromatic carbocycles. The Morgan fingerprint density at radius 3 is 2.46 bits per heavy atom. The van der Waals surface area contributed by atoms with Crippen molar-refractivity contribution in [1.82, 2.24) is 19.1 Å². The zero-order valence-electron chi connectivity index (χ0n) is 19.5. The van der Waals surface area contributed by atoms with Gasteiger partial charge >= 0.3 is 17.3 Å². The number of carboxylic acids is 1. The van der Waals surface area contributed by atoms with Gasteiger partial charge in [0.15, 0.2) is 0 Å². The summed E-state index contributed by atoms with van der Waals surface area (Å²) in [5.41, 5.74) is -0.436. The number of aromatic amines is 1. The normalized spacial score (nSPS) is 12.4. The summed E-state index contributed by atoms with van der Waals surface area (Å²) in [5, 5.41) is 9.75. The van der Waals surface area contributed by atoms with Gasteiger partial charge in [-0.05, 0) is 48.0 Å². The van der Waals surface area contributed by atoms with Crippen LogP contribution in [-0.2, 0) is 17.9 Å². The molecule has 190 valence electrons. The number of hydrogen-bond acceptors (Lipinski definition) is 6. The molecule has 12 heteroatoms. The van der Waals surface area contributed by atoms with Crippen LogP contribution in [0.4, 0.5) is 10.1 Å². The molecule has 0 aliphatic carbocycles. The minimum Gasteiger partial charge on any atom is -0.481 e. The number of aromatic nitrogens is 4. The zero-order valence-corrected chi connectivity index (χ0v) is 20.2. The number of carboxylic acid groups (broad SMARTS) is 1. The lowest BCUT2D eigenvalue weighted by Crippen LogP contribution is -2.51. The number of carbonyl (C=O) groups is 1. The molecule has 1 atom stereocenters. The Labute approximate surface area is 213 Å². The van der Waals surface area contributed by atoms with Crippen LogP contribution in [0.1, 0.15) is 12.5 Å². The van der Waals surface area contributed by atoms with Crippen molar-refractivity contribution in [2.45, 2.75) is 20.0 Å². The number of hydrogen-bond donors (Lipinski definition) is 2. The number of halogens is 2. The number of nitrogens with zero attached hydrogens (tertiary/aromatic N) is 4. The first-order chi connectivity index (χ1) is 17.7. The molecular weight excluding hydrogens is 505 g/mol. The van der Waals surface area contributed by atoms with Gasteiger partial charge in [0.1, 0.15) is 11.5 Å². The highest BCUT2D eigenvalue weighted by Gasteiger charge is 2.17. The van der Waals surface area contributed by atoms with E-state index in [9.17, 15) is 23.9 Å². The molecule has 0 saturated heterocycles. The molecule has 0 unspecified atom stereocenters. The summed E-state index contributed by atoms with van der Waals surface area (Å²) in [6.07, 6.45) is 1.28. The average molecular weight is 526 g/mol. The van der Waals surface area contributed by atoms with E-state index < -0.39 is 29.2 Å². The van der Waals surface area contributed by atoms with E-state index in [1.165, 1.54) is 23.8 Å². The lowest BCUT2D eigenvalue weighted by atomic mass is 10.2. The first-order valence-electron chi connectivity index (χ1n) is 11.0. The van der Waals surface area contributed by atoms with Crippen molar-refractivity contribution in [2.24, 2.45) is 10.9 Å². The quantitative estimate of drug-likeness (QED) is 0.339. The number of benzene rings is 2. The van der Waals surface area contributed by atoms with Crippen LogP contribution in [0.5, 0.6) is 11.5 Å². The second-order valence-corrected chi connectivity index (χ2v) is 8.56. The highest BCUT2D eigenvalue weighted by Crippen LogP contribution is 2.23. The van der Waals surface area contributed by atoms with Crippen LogP contribution in [0.25, 0.3) is 0 Å².